The first-order chi connectivity index (χ1) is 14.4. The van der Waals surface area contributed by atoms with E-state index in [4.69, 9.17) is 9.57 Å². The van der Waals surface area contributed by atoms with E-state index >= 15 is 0 Å². The minimum atomic E-state index is -0.904. The zero-order chi connectivity index (χ0) is 21.2. The van der Waals surface area contributed by atoms with Gasteiger partial charge < -0.3 is 14.7 Å². The van der Waals surface area contributed by atoms with Crippen LogP contribution in [0, 0.1) is 0 Å². The summed E-state index contributed by atoms with van der Waals surface area (Å²) in [5, 5.41) is 13.5. The van der Waals surface area contributed by atoms with Crippen LogP contribution in [0.1, 0.15) is 62.0 Å². The molecule has 2 aliphatic heterocycles. The molecule has 2 aromatic rings. The predicted molar refractivity (Wildman–Crippen MR) is 114 cm³/mol. The van der Waals surface area contributed by atoms with Gasteiger partial charge in [0.15, 0.2) is 0 Å². The second-order valence-electron chi connectivity index (χ2n) is 8.86. The van der Waals surface area contributed by atoms with Crippen LogP contribution in [-0.2, 0) is 21.8 Å². The summed E-state index contributed by atoms with van der Waals surface area (Å²) in [6, 6.07) is 6.38. The molecule has 4 rings (SSSR count). The minimum Gasteiger partial charge on any atom is -0.393 e. The van der Waals surface area contributed by atoms with Crippen molar-refractivity contribution < 1.29 is 14.7 Å². The molecule has 30 heavy (non-hydrogen) atoms. The number of hydrogen-bond acceptors (Lipinski definition) is 7. The van der Waals surface area contributed by atoms with Crippen LogP contribution in [0.4, 0.5) is 0 Å². The fourth-order valence-electron chi connectivity index (χ4n) is 4.18. The van der Waals surface area contributed by atoms with Gasteiger partial charge in [0.2, 0.25) is 0 Å². The SMILES string of the molecule is CC(c1ccc(C=NOCC(C)(C)O)nc1)N1CCC2(CC1)OCc1ccncc12. The Morgan fingerprint density at radius 1 is 1.30 bits per heavy atom. The number of nitrogens with zero attached hydrogens (tertiary/aromatic N) is 4. The molecule has 4 heterocycles. The maximum Gasteiger partial charge on any atom is 0.145 e. The number of aliphatic hydroxyl groups is 1. The van der Waals surface area contributed by atoms with Crippen LogP contribution in [0.15, 0.2) is 41.9 Å². The van der Waals surface area contributed by atoms with Crippen LogP contribution in [0.5, 0.6) is 0 Å². The molecule has 0 saturated carbocycles. The molecule has 160 valence electrons. The molecule has 0 aliphatic carbocycles. The van der Waals surface area contributed by atoms with Crippen molar-refractivity contribution in [2.75, 3.05) is 19.7 Å². The van der Waals surface area contributed by atoms with Crippen molar-refractivity contribution >= 4 is 6.21 Å². The quantitative estimate of drug-likeness (QED) is 0.582. The number of likely N-dealkylation sites (tertiary alicyclic amines) is 1. The van der Waals surface area contributed by atoms with Crippen molar-refractivity contribution in [3.05, 3.63) is 59.2 Å². The molecule has 1 fully saturated rings. The highest BCUT2D eigenvalue weighted by molar-refractivity contribution is 5.76. The van der Waals surface area contributed by atoms with Gasteiger partial charge in [0, 0.05) is 43.3 Å². The second-order valence-corrected chi connectivity index (χ2v) is 8.86. The Kier molecular flexibility index (Phi) is 5.86. The Bertz CT molecular complexity index is 884. The predicted octanol–water partition coefficient (Wildman–Crippen LogP) is 3.18. The lowest BCUT2D eigenvalue weighted by Crippen LogP contribution is -2.43. The molecule has 0 aromatic carbocycles. The summed E-state index contributed by atoms with van der Waals surface area (Å²) in [4.78, 5) is 16.4. The van der Waals surface area contributed by atoms with Crippen molar-refractivity contribution in [1.82, 2.24) is 14.9 Å². The summed E-state index contributed by atoms with van der Waals surface area (Å²) in [6.07, 6.45) is 9.25. The van der Waals surface area contributed by atoms with E-state index in [-0.39, 0.29) is 18.2 Å². The normalized spacial score (nSPS) is 19.9. The van der Waals surface area contributed by atoms with Crippen molar-refractivity contribution in [3.63, 3.8) is 0 Å². The Hall–Kier alpha value is -2.35. The maximum absolute atomic E-state index is 9.62. The van der Waals surface area contributed by atoms with E-state index in [0.29, 0.717) is 6.61 Å². The molecule has 7 heteroatoms. The largest absolute Gasteiger partial charge is 0.393 e. The Labute approximate surface area is 177 Å². The zero-order valence-electron chi connectivity index (χ0n) is 17.9. The van der Waals surface area contributed by atoms with Gasteiger partial charge in [0.25, 0.3) is 0 Å². The Morgan fingerprint density at radius 2 is 2.10 bits per heavy atom. The third-order valence-electron chi connectivity index (χ3n) is 6.03. The molecular formula is C23H30N4O3. The van der Waals surface area contributed by atoms with Gasteiger partial charge in [-0.25, -0.2) is 0 Å². The van der Waals surface area contributed by atoms with Gasteiger partial charge in [-0.05, 0) is 56.9 Å². The summed E-state index contributed by atoms with van der Waals surface area (Å²) in [5.41, 5.74) is 3.38. The number of aromatic nitrogens is 2. The Balaban J connectivity index is 1.33. The van der Waals surface area contributed by atoms with Crippen LogP contribution in [0.2, 0.25) is 0 Å². The van der Waals surface area contributed by atoms with Crippen molar-refractivity contribution in [2.45, 2.75) is 57.5 Å². The Morgan fingerprint density at radius 3 is 2.80 bits per heavy atom. The number of piperidine rings is 1. The van der Waals surface area contributed by atoms with E-state index in [9.17, 15) is 5.11 Å². The lowest BCUT2D eigenvalue weighted by molar-refractivity contribution is -0.0838. The van der Waals surface area contributed by atoms with Gasteiger partial charge in [-0.3, -0.25) is 14.9 Å². The first kappa shape index (κ1) is 20.9. The molecular weight excluding hydrogens is 380 g/mol. The molecule has 0 radical (unpaired) electrons. The smallest absolute Gasteiger partial charge is 0.145 e. The highest BCUT2D eigenvalue weighted by Crippen LogP contribution is 2.44. The lowest BCUT2D eigenvalue weighted by Gasteiger charge is -2.41. The summed E-state index contributed by atoms with van der Waals surface area (Å²) >= 11 is 0. The standard InChI is InChI=1S/C23H30N4O3/c1-17(18-4-5-20(25-12-18)13-26-30-16-22(2,3)28)27-10-7-23(8-11-27)21-14-24-9-6-19(21)15-29-23/h4-6,9,12-14,17,28H,7-8,10-11,15-16H2,1-3H3. The van der Waals surface area contributed by atoms with Crippen LogP contribution < -0.4 is 0 Å². The molecule has 2 aliphatic rings. The zero-order valence-corrected chi connectivity index (χ0v) is 17.9. The topological polar surface area (TPSA) is 80.1 Å². The van der Waals surface area contributed by atoms with Crippen molar-refractivity contribution in [2.24, 2.45) is 5.16 Å². The van der Waals surface area contributed by atoms with E-state index in [1.165, 1.54) is 16.7 Å². The molecule has 1 N–H and O–H groups in total. The average molecular weight is 411 g/mol. The summed E-state index contributed by atoms with van der Waals surface area (Å²) in [6.45, 7) is 8.36. The number of pyridine rings is 2. The highest BCUT2D eigenvalue weighted by Gasteiger charge is 2.43. The number of hydrogen-bond donors (Lipinski definition) is 1. The third kappa shape index (κ3) is 4.53. The first-order valence-electron chi connectivity index (χ1n) is 10.5. The van der Waals surface area contributed by atoms with Gasteiger partial charge in [0.05, 0.1) is 29.7 Å². The van der Waals surface area contributed by atoms with Crippen LogP contribution in [0.25, 0.3) is 0 Å². The van der Waals surface area contributed by atoms with Crippen molar-refractivity contribution in [1.29, 1.82) is 0 Å². The lowest BCUT2D eigenvalue weighted by atomic mass is 9.84. The first-order valence-corrected chi connectivity index (χ1v) is 10.5. The van der Waals surface area contributed by atoms with Gasteiger partial charge in [-0.2, -0.15) is 0 Å². The number of oxime groups is 1. The van der Waals surface area contributed by atoms with Crippen LogP contribution in [-0.4, -0.2) is 51.5 Å². The molecule has 1 saturated heterocycles. The molecule has 1 atom stereocenters. The minimum absolute atomic E-state index is 0.138. The van der Waals surface area contributed by atoms with Gasteiger partial charge in [0.1, 0.15) is 6.61 Å². The molecule has 1 unspecified atom stereocenters. The van der Waals surface area contributed by atoms with E-state index in [0.717, 1.165) is 31.6 Å². The van der Waals surface area contributed by atoms with Gasteiger partial charge in [-0.1, -0.05) is 11.2 Å². The van der Waals surface area contributed by atoms with E-state index in [1.807, 2.05) is 24.7 Å². The summed E-state index contributed by atoms with van der Waals surface area (Å²) in [7, 11) is 0. The van der Waals surface area contributed by atoms with Gasteiger partial charge >= 0.3 is 0 Å². The fourth-order valence-corrected chi connectivity index (χ4v) is 4.18. The summed E-state index contributed by atoms with van der Waals surface area (Å²) < 4.78 is 6.25. The second kappa shape index (κ2) is 8.41. The number of fused-ring (bicyclic) bond motifs is 2. The molecule has 1 spiro atoms. The van der Waals surface area contributed by atoms with E-state index in [1.54, 1.807) is 20.1 Å². The van der Waals surface area contributed by atoms with E-state index in [2.05, 4.69) is 39.1 Å². The van der Waals surface area contributed by atoms with Crippen molar-refractivity contribution in [3.8, 4) is 0 Å². The van der Waals surface area contributed by atoms with Crippen LogP contribution >= 0.6 is 0 Å². The molecule has 2 aromatic heterocycles. The number of ether oxygens (including phenoxy) is 1. The molecule has 0 bridgehead atoms. The highest BCUT2D eigenvalue weighted by atomic mass is 16.6. The van der Waals surface area contributed by atoms with Crippen LogP contribution in [0.3, 0.4) is 0 Å². The maximum atomic E-state index is 9.62. The molecule has 0 amide bonds. The van der Waals surface area contributed by atoms with Gasteiger partial charge in [-0.15, -0.1) is 0 Å². The fraction of sp³-hybridized carbons (Fsp3) is 0.522. The average Bonchev–Trinajstić information content (AvgIpc) is 3.09. The summed E-state index contributed by atoms with van der Waals surface area (Å²) in [5.74, 6) is 0. The van der Waals surface area contributed by atoms with E-state index < -0.39 is 5.60 Å². The third-order valence-corrected chi connectivity index (χ3v) is 6.03. The molecule has 7 nitrogen and oxygen atoms in total. The number of rotatable bonds is 6. The monoisotopic (exact) mass is 410 g/mol.